The zero-order valence-corrected chi connectivity index (χ0v) is 20.5. The summed E-state index contributed by atoms with van der Waals surface area (Å²) >= 11 is 0. The number of methoxy groups -OCH3 is 1. The highest BCUT2D eigenvalue weighted by molar-refractivity contribution is 5.95. The third kappa shape index (κ3) is 3.90. The maximum absolute atomic E-state index is 12.5. The summed E-state index contributed by atoms with van der Waals surface area (Å²) in [7, 11) is 1.61. The van der Waals surface area contributed by atoms with E-state index in [4.69, 9.17) is 20.6 Å². The van der Waals surface area contributed by atoms with E-state index in [0.29, 0.717) is 23.5 Å². The minimum atomic E-state index is -0.779. The number of aromatic nitrogens is 6. The molecule has 11 nitrogen and oxygen atoms in total. The van der Waals surface area contributed by atoms with Crippen LogP contribution in [0.25, 0.3) is 16.6 Å². The summed E-state index contributed by atoms with van der Waals surface area (Å²) in [5.41, 5.74) is 7.79. The Morgan fingerprint density at radius 2 is 2.14 bits per heavy atom. The molecule has 11 heteroatoms. The molecule has 1 atom stereocenters. The lowest BCUT2D eigenvalue weighted by molar-refractivity contribution is -0.128. The molecule has 1 fully saturated rings. The molecule has 0 aliphatic carbocycles. The van der Waals surface area contributed by atoms with Gasteiger partial charge in [-0.25, -0.2) is 9.97 Å². The van der Waals surface area contributed by atoms with Crippen molar-refractivity contribution in [2.45, 2.75) is 45.1 Å². The van der Waals surface area contributed by atoms with Gasteiger partial charge in [-0.2, -0.15) is 9.61 Å². The quantitative estimate of drug-likeness (QED) is 0.433. The number of rotatable bonds is 6. The summed E-state index contributed by atoms with van der Waals surface area (Å²) in [5.74, 6) is 1.74. The SMILES string of the molecule is CCNC(=O)C(C)(C)n1cc(N2CCC[C@@H](c3nc4c5cccc(OC)c5nc(N)n4n3)C2)cn1. The number of piperidine rings is 1. The molecule has 184 valence electrons. The van der Waals surface area contributed by atoms with Crippen LogP contribution in [0.2, 0.25) is 0 Å². The number of nitrogens with zero attached hydrogens (tertiary/aromatic N) is 7. The van der Waals surface area contributed by atoms with E-state index in [-0.39, 0.29) is 17.8 Å². The molecule has 4 heterocycles. The van der Waals surface area contributed by atoms with E-state index in [1.807, 2.05) is 51.4 Å². The molecule has 5 rings (SSSR count). The van der Waals surface area contributed by atoms with Crippen LogP contribution in [0.4, 0.5) is 11.6 Å². The summed E-state index contributed by atoms with van der Waals surface area (Å²) in [5, 5.41) is 13.0. The van der Waals surface area contributed by atoms with E-state index >= 15 is 0 Å². The van der Waals surface area contributed by atoms with Crippen molar-refractivity contribution < 1.29 is 9.53 Å². The van der Waals surface area contributed by atoms with Crippen molar-refractivity contribution in [3.05, 3.63) is 36.4 Å². The summed E-state index contributed by atoms with van der Waals surface area (Å²) in [6, 6.07) is 5.72. The molecule has 4 aromatic rings. The van der Waals surface area contributed by atoms with Gasteiger partial charge in [0.05, 0.1) is 19.0 Å². The molecule has 0 radical (unpaired) electrons. The normalized spacial score (nSPS) is 16.7. The van der Waals surface area contributed by atoms with Gasteiger partial charge >= 0.3 is 0 Å². The second-order valence-corrected chi connectivity index (χ2v) is 9.38. The Labute approximate surface area is 203 Å². The first-order valence-corrected chi connectivity index (χ1v) is 11.9. The Morgan fingerprint density at radius 1 is 1.31 bits per heavy atom. The molecule has 3 N–H and O–H groups in total. The lowest BCUT2D eigenvalue weighted by Crippen LogP contribution is -2.44. The van der Waals surface area contributed by atoms with E-state index in [1.165, 1.54) is 0 Å². The van der Waals surface area contributed by atoms with Gasteiger partial charge in [-0.3, -0.25) is 9.48 Å². The average molecular weight is 478 g/mol. The van der Waals surface area contributed by atoms with E-state index in [2.05, 4.69) is 20.3 Å². The number of ether oxygens (including phenoxy) is 1. The van der Waals surface area contributed by atoms with Crippen molar-refractivity contribution in [1.82, 2.24) is 34.7 Å². The van der Waals surface area contributed by atoms with Crippen molar-refractivity contribution in [3.8, 4) is 5.75 Å². The molecule has 1 aromatic carbocycles. The van der Waals surface area contributed by atoms with Gasteiger partial charge in [0.25, 0.3) is 0 Å². The average Bonchev–Trinajstić information content (AvgIpc) is 3.53. The minimum Gasteiger partial charge on any atom is -0.494 e. The van der Waals surface area contributed by atoms with Gasteiger partial charge in [0.15, 0.2) is 11.5 Å². The van der Waals surface area contributed by atoms with Gasteiger partial charge in [0.1, 0.15) is 16.8 Å². The van der Waals surface area contributed by atoms with Crippen LogP contribution in [0.1, 0.15) is 45.4 Å². The molecular formula is C24H31N9O2. The van der Waals surface area contributed by atoms with Gasteiger partial charge in [-0.1, -0.05) is 6.07 Å². The van der Waals surface area contributed by atoms with E-state index in [0.717, 1.165) is 42.8 Å². The Kier molecular flexibility index (Phi) is 5.70. The molecule has 35 heavy (non-hydrogen) atoms. The number of benzene rings is 1. The van der Waals surface area contributed by atoms with Crippen LogP contribution in [0, 0.1) is 0 Å². The third-order valence-electron chi connectivity index (χ3n) is 6.71. The molecule has 1 amide bonds. The number of nitrogen functional groups attached to an aromatic ring is 1. The van der Waals surface area contributed by atoms with E-state index in [9.17, 15) is 4.79 Å². The van der Waals surface area contributed by atoms with Crippen LogP contribution < -0.4 is 20.7 Å². The Bertz CT molecular complexity index is 1390. The lowest BCUT2D eigenvalue weighted by Gasteiger charge is -2.32. The number of carbonyl (C=O) groups excluding carboxylic acids is 1. The number of carbonyl (C=O) groups is 1. The predicted octanol–water partition coefficient (Wildman–Crippen LogP) is 2.32. The van der Waals surface area contributed by atoms with E-state index in [1.54, 1.807) is 16.3 Å². The number of fused-ring (bicyclic) bond motifs is 3. The number of nitrogens with two attached hydrogens (primary N) is 1. The van der Waals surface area contributed by atoms with Gasteiger partial charge < -0.3 is 20.7 Å². The Morgan fingerprint density at radius 3 is 2.91 bits per heavy atom. The number of anilines is 2. The number of hydrogen-bond donors (Lipinski definition) is 2. The molecule has 1 aliphatic heterocycles. The standard InChI is InChI=1S/C24H31N9O2/c1-5-26-22(34)24(2,3)32-14-16(12-27-32)31-11-7-8-15(13-31)20-29-21-17-9-6-10-18(35-4)19(17)28-23(25)33(21)30-20/h6,9-10,12,14-15H,5,7-8,11,13H2,1-4H3,(H2,25,28)(H,26,34)/t15-/m1/s1. The number of para-hydroxylation sites is 1. The van der Waals surface area contributed by atoms with Gasteiger partial charge in [0.2, 0.25) is 11.9 Å². The van der Waals surface area contributed by atoms with Crippen LogP contribution in [-0.4, -0.2) is 62.0 Å². The zero-order chi connectivity index (χ0) is 24.7. The van der Waals surface area contributed by atoms with Crippen molar-refractivity contribution in [1.29, 1.82) is 0 Å². The molecule has 0 saturated carbocycles. The number of likely N-dealkylation sites (N-methyl/N-ethyl adjacent to an activating group) is 1. The smallest absolute Gasteiger partial charge is 0.247 e. The molecule has 0 spiro atoms. The highest BCUT2D eigenvalue weighted by atomic mass is 16.5. The fourth-order valence-corrected chi connectivity index (χ4v) is 4.67. The van der Waals surface area contributed by atoms with Gasteiger partial charge in [-0.05, 0) is 45.7 Å². The molecule has 1 aliphatic rings. The number of hydrogen-bond acceptors (Lipinski definition) is 8. The first kappa shape index (κ1) is 22.9. The van der Waals surface area contributed by atoms with E-state index < -0.39 is 5.54 Å². The third-order valence-corrected chi connectivity index (χ3v) is 6.71. The van der Waals surface area contributed by atoms with Gasteiger partial charge in [-0.15, -0.1) is 5.10 Å². The molecule has 0 unspecified atom stereocenters. The maximum Gasteiger partial charge on any atom is 0.247 e. The molecule has 3 aromatic heterocycles. The number of nitrogens with one attached hydrogen (secondary N) is 1. The van der Waals surface area contributed by atoms with Crippen LogP contribution >= 0.6 is 0 Å². The second kappa shape index (κ2) is 8.71. The largest absolute Gasteiger partial charge is 0.494 e. The van der Waals surface area contributed by atoms with Crippen molar-refractivity contribution in [3.63, 3.8) is 0 Å². The summed E-state index contributed by atoms with van der Waals surface area (Å²) in [6.45, 7) is 7.88. The van der Waals surface area contributed by atoms with Gasteiger partial charge in [0, 0.05) is 37.1 Å². The highest BCUT2D eigenvalue weighted by Crippen LogP contribution is 2.32. The summed E-state index contributed by atoms with van der Waals surface area (Å²) < 4.78 is 8.80. The van der Waals surface area contributed by atoms with Crippen LogP contribution in [0.5, 0.6) is 5.75 Å². The zero-order valence-electron chi connectivity index (χ0n) is 20.5. The van der Waals surface area contributed by atoms with Crippen LogP contribution in [-0.2, 0) is 10.3 Å². The fourth-order valence-electron chi connectivity index (χ4n) is 4.67. The topological polar surface area (TPSA) is 128 Å². The van der Waals surface area contributed by atoms with Crippen LogP contribution in [0.3, 0.4) is 0 Å². The molecular weight excluding hydrogens is 446 g/mol. The van der Waals surface area contributed by atoms with Crippen LogP contribution in [0.15, 0.2) is 30.6 Å². The number of amides is 1. The Balaban J connectivity index is 1.43. The van der Waals surface area contributed by atoms with Crippen molar-refractivity contribution >= 4 is 34.1 Å². The fraction of sp³-hybridized carbons (Fsp3) is 0.458. The second-order valence-electron chi connectivity index (χ2n) is 9.38. The molecule has 0 bridgehead atoms. The highest BCUT2D eigenvalue weighted by Gasteiger charge is 2.32. The molecule has 1 saturated heterocycles. The summed E-state index contributed by atoms with van der Waals surface area (Å²) in [4.78, 5) is 24.2. The summed E-state index contributed by atoms with van der Waals surface area (Å²) in [6.07, 6.45) is 5.73. The minimum absolute atomic E-state index is 0.0601. The Hall–Kier alpha value is -3.89. The first-order valence-electron chi connectivity index (χ1n) is 11.9. The van der Waals surface area contributed by atoms with Crippen molar-refractivity contribution in [2.24, 2.45) is 0 Å². The first-order chi connectivity index (χ1) is 16.8. The monoisotopic (exact) mass is 477 g/mol. The lowest BCUT2D eigenvalue weighted by atomic mass is 9.97. The predicted molar refractivity (Wildman–Crippen MR) is 134 cm³/mol. The van der Waals surface area contributed by atoms with Crippen molar-refractivity contribution in [2.75, 3.05) is 37.4 Å². The maximum atomic E-state index is 12.5.